The van der Waals surface area contributed by atoms with Gasteiger partial charge < -0.3 is 19.2 Å². The van der Waals surface area contributed by atoms with Crippen LogP contribution in [0, 0.1) is 0 Å². The Bertz CT molecular complexity index is 1380. The van der Waals surface area contributed by atoms with Crippen LogP contribution in [0.3, 0.4) is 0 Å². The van der Waals surface area contributed by atoms with E-state index in [2.05, 4.69) is 83.0 Å². The number of hydrogen-bond donors (Lipinski definition) is 1. The van der Waals surface area contributed by atoms with Crippen LogP contribution in [0.1, 0.15) is 57.5 Å². The molecule has 0 spiro atoms. The first kappa shape index (κ1) is 25.4. The summed E-state index contributed by atoms with van der Waals surface area (Å²) in [6.45, 7) is 3.40. The predicted octanol–water partition coefficient (Wildman–Crippen LogP) is 5.92. The lowest BCUT2D eigenvalue weighted by Crippen LogP contribution is -2.35. The van der Waals surface area contributed by atoms with E-state index in [-0.39, 0.29) is 30.4 Å². The molecule has 0 aliphatic carbocycles. The summed E-state index contributed by atoms with van der Waals surface area (Å²) in [4.78, 5) is 15.0. The SMILES string of the molecule is O=C(NC[C@H]1CCCO1)c1ccc(COc2ccc3c(c2)[C@@H](c2ccccc2)N(Cc2ccccc2)CC3)o1. The smallest absolute Gasteiger partial charge is 0.287 e. The Balaban J connectivity index is 1.16. The van der Waals surface area contributed by atoms with Crippen LogP contribution in [-0.4, -0.2) is 36.6 Å². The molecule has 2 aliphatic rings. The molecule has 1 aromatic heterocycles. The third-order valence-corrected chi connectivity index (χ3v) is 7.57. The highest BCUT2D eigenvalue weighted by atomic mass is 16.5. The summed E-state index contributed by atoms with van der Waals surface area (Å²) in [6.07, 6.45) is 3.11. The highest BCUT2D eigenvalue weighted by Crippen LogP contribution is 2.38. The van der Waals surface area contributed by atoms with E-state index in [9.17, 15) is 4.79 Å². The normalized spacial score (nSPS) is 19.0. The molecule has 3 heterocycles. The van der Waals surface area contributed by atoms with Crippen molar-refractivity contribution >= 4 is 5.91 Å². The number of carbonyl (C=O) groups is 1. The van der Waals surface area contributed by atoms with Crippen LogP contribution in [0.15, 0.2) is 95.4 Å². The number of fused-ring (bicyclic) bond motifs is 1. The number of nitrogens with one attached hydrogen (secondary N) is 1. The largest absolute Gasteiger partial charge is 0.486 e. The topological polar surface area (TPSA) is 63.9 Å². The lowest BCUT2D eigenvalue weighted by atomic mass is 9.87. The molecule has 2 aliphatic heterocycles. The second-order valence-electron chi connectivity index (χ2n) is 10.3. The summed E-state index contributed by atoms with van der Waals surface area (Å²) >= 11 is 0. The number of nitrogens with zero attached hydrogens (tertiary/aromatic N) is 1. The van der Waals surface area contributed by atoms with Crippen molar-refractivity contribution in [2.45, 2.75) is 44.6 Å². The molecule has 6 heteroatoms. The highest BCUT2D eigenvalue weighted by Gasteiger charge is 2.29. The van der Waals surface area contributed by atoms with Gasteiger partial charge in [-0.15, -0.1) is 0 Å². The van der Waals surface area contributed by atoms with E-state index in [4.69, 9.17) is 13.9 Å². The van der Waals surface area contributed by atoms with Gasteiger partial charge in [0, 0.05) is 26.2 Å². The fraction of sp³-hybridized carbons (Fsp3) is 0.303. The van der Waals surface area contributed by atoms with E-state index >= 15 is 0 Å². The van der Waals surface area contributed by atoms with E-state index in [1.54, 1.807) is 12.1 Å². The Morgan fingerprint density at radius 2 is 1.79 bits per heavy atom. The van der Waals surface area contributed by atoms with Crippen molar-refractivity contribution in [2.75, 3.05) is 19.7 Å². The number of amides is 1. The van der Waals surface area contributed by atoms with Gasteiger partial charge in [-0.1, -0.05) is 66.7 Å². The zero-order valence-corrected chi connectivity index (χ0v) is 22.1. The molecule has 200 valence electrons. The summed E-state index contributed by atoms with van der Waals surface area (Å²) in [7, 11) is 0. The van der Waals surface area contributed by atoms with Gasteiger partial charge in [-0.3, -0.25) is 9.69 Å². The van der Waals surface area contributed by atoms with Gasteiger partial charge >= 0.3 is 0 Å². The number of carbonyl (C=O) groups excluding carboxylic acids is 1. The van der Waals surface area contributed by atoms with Crippen LogP contribution in [0.5, 0.6) is 5.75 Å². The van der Waals surface area contributed by atoms with Gasteiger partial charge in [0.2, 0.25) is 0 Å². The standard InChI is InChI=1S/C33H34N2O4/c36-33(34-21-28-12-7-19-37-28)31-16-15-29(39-31)23-38-27-14-13-25-17-18-35(22-24-8-3-1-4-9-24)32(30(25)20-27)26-10-5-2-6-11-26/h1-6,8-11,13-16,20,28,32H,7,12,17-19,21-23H2,(H,34,36)/t28-,32-/m1/s1. The van der Waals surface area contributed by atoms with Gasteiger partial charge in [0.1, 0.15) is 18.1 Å². The van der Waals surface area contributed by atoms with E-state index in [1.807, 2.05) is 6.07 Å². The average Bonchev–Trinajstić information content (AvgIpc) is 3.68. The fourth-order valence-corrected chi connectivity index (χ4v) is 5.58. The third kappa shape index (κ3) is 6.08. The Kier molecular flexibility index (Phi) is 7.75. The molecule has 1 amide bonds. The predicted molar refractivity (Wildman–Crippen MR) is 150 cm³/mol. The Morgan fingerprint density at radius 3 is 2.59 bits per heavy atom. The zero-order chi connectivity index (χ0) is 26.4. The highest BCUT2D eigenvalue weighted by molar-refractivity contribution is 5.91. The minimum Gasteiger partial charge on any atom is -0.486 e. The van der Waals surface area contributed by atoms with Crippen LogP contribution in [0.2, 0.25) is 0 Å². The molecular weight excluding hydrogens is 488 g/mol. The molecule has 1 fully saturated rings. The van der Waals surface area contributed by atoms with Crippen molar-refractivity contribution in [3.8, 4) is 5.75 Å². The minimum atomic E-state index is -0.227. The summed E-state index contributed by atoms with van der Waals surface area (Å²) in [5.41, 5.74) is 5.21. The van der Waals surface area contributed by atoms with Crippen LogP contribution < -0.4 is 10.1 Å². The van der Waals surface area contributed by atoms with E-state index in [0.717, 1.165) is 44.7 Å². The molecule has 39 heavy (non-hydrogen) atoms. The Hall–Kier alpha value is -3.87. The van der Waals surface area contributed by atoms with Gasteiger partial charge in [-0.25, -0.2) is 0 Å². The molecular formula is C33H34N2O4. The van der Waals surface area contributed by atoms with Crippen molar-refractivity contribution in [3.63, 3.8) is 0 Å². The number of furan rings is 1. The van der Waals surface area contributed by atoms with Crippen molar-refractivity contribution in [2.24, 2.45) is 0 Å². The summed E-state index contributed by atoms with van der Waals surface area (Å²) in [5.74, 6) is 1.46. The molecule has 4 aromatic rings. The lowest BCUT2D eigenvalue weighted by molar-refractivity contribution is 0.0832. The van der Waals surface area contributed by atoms with Crippen LogP contribution in [-0.2, 0) is 24.3 Å². The monoisotopic (exact) mass is 522 g/mol. The van der Waals surface area contributed by atoms with Crippen LogP contribution in [0.4, 0.5) is 0 Å². The van der Waals surface area contributed by atoms with E-state index < -0.39 is 0 Å². The zero-order valence-electron chi connectivity index (χ0n) is 22.1. The summed E-state index contributed by atoms with van der Waals surface area (Å²) in [6, 6.07) is 31.4. The Labute approximate surface area is 229 Å². The summed E-state index contributed by atoms with van der Waals surface area (Å²) in [5, 5.41) is 2.90. The molecule has 0 unspecified atom stereocenters. The van der Waals surface area contributed by atoms with Gasteiger partial charge in [-0.2, -0.15) is 0 Å². The maximum Gasteiger partial charge on any atom is 0.287 e. The first-order valence-electron chi connectivity index (χ1n) is 13.8. The number of hydrogen-bond acceptors (Lipinski definition) is 5. The molecule has 6 nitrogen and oxygen atoms in total. The quantitative estimate of drug-likeness (QED) is 0.296. The lowest BCUT2D eigenvalue weighted by Gasteiger charge is -2.38. The second kappa shape index (κ2) is 11.9. The summed E-state index contributed by atoms with van der Waals surface area (Å²) < 4.78 is 17.5. The van der Waals surface area contributed by atoms with Gasteiger partial charge in [0.25, 0.3) is 5.91 Å². The molecule has 1 saturated heterocycles. The molecule has 6 rings (SSSR count). The molecule has 2 atom stereocenters. The number of benzene rings is 3. The van der Waals surface area contributed by atoms with Crippen LogP contribution in [0.25, 0.3) is 0 Å². The van der Waals surface area contributed by atoms with Crippen molar-refractivity contribution < 1.29 is 18.7 Å². The van der Waals surface area contributed by atoms with Gasteiger partial charge in [0.05, 0.1) is 12.1 Å². The number of ether oxygens (including phenoxy) is 2. The van der Waals surface area contributed by atoms with Crippen molar-refractivity contribution in [3.05, 3.63) is 125 Å². The first-order valence-corrected chi connectivity index (χ1v) is 13.8. The van der Waals surface area contributed by atoms with E-state index in [0.29, 0.717) is 12.3 Å². The molecule has 0 bridgehead atoms. The van der Waals surface area contributed by atoms with Gasteiger partial charge in [0.15, 0.2) is 5.76 Å². The molecule has 1 N–H and O–H groups in total. The average molecular weight is 523 g/mol. The van der Waals surface area contributed by atoms with Gasteiger partial charge in [-0.05, 0) is 65.8 Å². The van der Waals surface area contributed by atoms with Crippen molar-refractivity contribution in [1.82, 2.24) is 10.2 Å². The van der Waals surface area contributed by atoms with Crippen molar-refractivity contribution in [1.29, 1.82) is 0 Å². The molecule has 3 aromatic carbocycles. The van der Waals surface area contributed by atoms with E-state index in [1.165, 1.54) is 22.3 Å². The molecule has 0 radical (unpaired) electrons. The Morgan fingerprint density at radius 1 is 0.974 bits per heavy atom. The minimum absolute atomic E-state index is 0.0963. The third-order valence-electron chi connectivity index (χ3n) is 7.57. The maximum absolute atomic E-state index is 12.5. The molecule has 0 saturated carbocycles. The maximum atomic E-state index is 12.5. The van der Waals surface area contributed by atoms with Crippen LogP contribution >= 0.6 is 0 Å². The number of rotatable bonds is 9. The second-order valence-corrected chi connectivity index (χ2v) is 10.3. The first-order chi connectivity index (χ1) is 19.2. The fourth-order valence-electron chi connectivity index (χ4n) is 5.58.